The Bertz CT molecular complexity index is 50.1. The fraction of sp³-hybridized carbons (Fsp3) is 1.00. The van der Waals surface area contributed by atoms with Gasteiger partial charge in [0.15, 0.2) is 0 Å². The van der Waals surface area contributed by atoms with Crippen molar-refractivity contribution in [1.29, 1.82) is 0 Å². The Morgan fingerprint density at radius 2 is 2.14 bits per heavy atom. The summed E-state index contributed by atoms with van der Waals surface area (Å²) in [4.78, 5) is 0. The molecule has 0 rings (SSSR count). The minimum Gasteiger partial charge on any atom is -0.317 e. The molecule has 2 nitrogen and oxygen atoms in total. The fourth-order valence-corrected chi connectivity index (χ4v) is 0.188. The first-order valence-electron chi connectivity index (χ1n) is 2.12. The van der Waals surface area contributed by atoms with Gasteiger partial charge in [0.25, 0.3) is 0 Å². The minimum atomic E-state index is -1.31. The highest BCUT2D eigenvalue weighted by molar-refractivity contribution is 4.65. The van der Waals surface area contributed by atoms with Crippen LogP contribution in [0, 0.1) is 0 Å². The van der Waals surface area contributed by atoms with Gasteiger partial charge in [-0.3, -0.25) is 0 Å². The van der Waals surface area contributed by atoms with Gasteiger partial charge in [0, 0.05) is 0 Å². The summed E-state index contributed by atoms with van der Waals surface area (Å²) in [5.41, 5.74) is 0.422. The Kier molecular flexibility index (Phi) is 2.19. The normalized spacial score (nSPS) is 12.0. The molecule has 0 aliphatic carbocycles. The Hall–Kier alpha value is -0.150. The van der Waals surface area contributed by atoms with Crippen LogP contribution in [0.5, 0.6) is 0 Å². The molecule has 0 aromatic carbocycles. The Balaban J connectivity index is 3.15. The third-order valence-electron chi connectivity index (χ3n) is 0.499. The Morgan fingerprint density at radius 1 is 1.71 bits per heavy atom. The van der Waals surface area contributed by atoms with Crippen LogP contribution in [-0.4, -0.2) is 17.4 Å². The molecule has 7 heavy (non-hydrogen) atoms. The molecule has 0 spiro atoms. The lowest BCUT2D eigenvalue weighted by atomic mass is 10.2. The van der Waals surface area contributed by atoms with Gasteiger partial charge in [-0.05, 0) is 13.8 Å². The molecule has 44 valence electrons. The van der Waals surface area contributed by atoms with E-state index >= 15 is 0 Å². The van der Waals surface area contributed by atoms with E-state index in [-0.39, 0.29) is 6.54 Å². The van der Waals surface area contributed by atoms with Crippen LogP contribution < -0.4 is 5.48 Å². The SMILES string of the molecule is CC(C)(F)CNO. The van der Waals surface area contributed by atoms with Crippen LogP contribution in [0.15, 0.2) is 0 Å². The quantitative estimate of drug-likeness (QED) is 0.509. The van der Waals surface area contributed by atoms with Crippen LogP contribution in [0.3, 0.4) is 0 Å². The van der Waals surface area contributed by atoms with E-state index in [0.29, 0.717) is 0 Å². The van der Waals surface area contributed by atoms with Crippen LogP contribution in [0.25, 0.3) is 0 Å². The molecule has 0 fully saturated rings. The third kappa shape index (κ3) is 5.85. The van der Waals surface area contributed by atoms with Gasteiger partial charge < -0.3 is 5.21 Å². The second-order valence-electron chi connectivity index (χ2n) is 2.05. The van der Waals surface area contributed by atoms with E-state index in [1.54, 1.807) is 5.48 Å². The molecule has 2 N–H and O–H groups in total. The molecule has 0 bridgehead atoms. The number of hydroxylamine groups is 1. The first kappa shape index (κ1) is 6.85. The zero-order chi connectivity index (χ0) is 5.91. The number of rotatable bonds is 2. The molecule has 0 amide bonds. The summed E-state index contributed by atoms with van der Waals surface area (Å²) >= 11 is 0. The largest absolute Gasteiger partial charge is 0.317 e. The summed E-state index contributed by atoms with van der Waals surface area (Å²) in [6.07, 6.45) is 0. The van der Waals surface area contributed by atoms with E-state index in [4.69, 9.17) is 5.21 Å². The van der Waals surface area contributed by atoms with E-state index < -0.39 is 5.67 Å². The average Bonchev–Trinajstić information content (AvgIpc) is 1.30. The lowest BCUT2D eigenvalue weighted by Gasteiger charge is -2.10. The zero-order valence-electron chi connectivity index (χ0n) is 4.53. The van der Waals surface area contributed by atoms with Crippen LogP contribution in [0.1, 0.15) is 13.8 Å². The molecule has 0 radical (unpaired) electrons. The van der Waals surface area contributed by atoms with Gasteiger partial charge in [0.2, 0.25) is 0 Å². The maximum atomic E-state index is 12.2. The Morgan fingerprint density at radius 3 is 2.14 bits per heavy atom. The fourth-order valence-electron chi connectivity index (χ4n) is 0.188. The van der Waals surface area contributed by atoms with Crippen molar-refractivity contribution >= 4 is 0 Å². The van der Waals surface area contributed by atoms with Crippen LogP contribution in [-0.2, 0) is 0 Å². The summed E-state index contributed by atoms with van der Waals surface area (Å²) in [7, 11) is 0. The van der Waals surface area contributed by atoms with Gasteiger partial charge in [0.1, 0.15) is 5.67 Å². The van der Waals surface area contributed by atoms with E-state index in [1.165, 1.54) is 13.8 Å². The predicted molar refractivity (Wildman–Crippen MR) is 25.0 cm³/mol. The molecule has 0 saturated carbocycles. The molecule has 0 aliphatic heterocycles. The molecule has 0 heterocycles. The standard InChI is InChI=1S/C4H10FNO/c1-4(2,5)3-6-7/h6-7H,3H2,1-2H3. The van der Waals surface area contributed by atoms with Crippen molar-refractivity contribution in [3.8, 4) is 0 Å². The van der Waals surface area contributed by atoms with E-state index in [2.05, 4.69) is 0 Å². The minimum absolute atomic E-state index is 0.0208. The number of alkyl halides is 1. The van der Waals surface area contributed by atoms with Crippen molar-refractivity contribution in [3.05, 3.63) is 0 Å². The van der Waals surface area contributed by atoms with Gasteiger partial charge in [-0.2, -0.15) is 0 Å². The van der Waals surface area contributed by atoms with Crippen LogP contribution in [0.2, 0.25) is 0 Å². The number of hydrogen-bond donors (Lipinski definition) is 2. The van der Waals surface area contributed by atoms with Crippen LogP contribution in [0.4, 0.5) is 4.39 Å². The molecule has 3 heteroatoms. The number of nitrogens with one attached hydrogen (secondary N) is 1. The highest BCUT2D eigenvalue weighted by Crippen LogP contribution is 2.03. The van der Waals surface area contributed by atoms with E-state index in [1.807, 2.05) is 0 Å². The first-order chi connectivity index (χ1) is 3.06. The van der Waals surface area contributed by atoms with Crippen molar-refractivity contribution in [1.82, 2.24) is 5.48 Å². The molecular weight excluding hydrogens is 97.0 g/mol. The molecular formula is C4H10FNO. The van der Waals surface area contributed by atoms with E-state index in [9.17, 15) is 4.39 Å². The predicted octanol–water partition coefficient (Wildman–Crippen LogP) is 0.713. The smallest absolute Gasteiger partial charge is 0.120 e. The Labute approximate surface area is 42.3 Å². The molecule has 0 aromatic rings. The van der Waals surface area contributed by atoms with Gasteiger partial charge in [0.05, 0.1) is 6.54 Å². The summed E-state index contributed by atoms with van der Waals surface area (Å²) in [5.74, 6) is 0. The monoisotopic (exact) mass is 107 g/mol. The molecule has 0 aromatic heterocycles. The molecule has 0 saturated heterocycles. The van der Waals surface area contributed by atoms with E-state index in [0.717, 1.165) is 0 Å². The highest BCUT2D eigenvalue weighted by Gasteiger charge is 2.12. The number of hydrogen-bond acceptors (Lipinski definition) is 2. The summed E-state index contributed by atoms with van der Waals surface area (Å²) in [6.45, 7) is 2.75. The highest BCUT2D eigenvalue weighted by atomic mass is 19.1. The third-order valence-corrected chi connectivity index (χ3v) is 0.499. The summed E-state index contributed by atoms with van der Waals surface area (Å²) in [6, 6.07) is 0. The van der Waals surface area contributed by atoms with Crippen molar-refractivity contribution in [2.75, 3.05) is 6.54 Å². The van der Waals surface area contributed by atoms with Crippen molar-refractivity contribution in [3.63, 3.8) is 0 Å². The summed E-state index contributed by atoms with van der Waals surface area (Å²) < 4.78 is 12.2. The molecule has 0 unspecified atom stereocenters. The lowest BCUT2D eigenvalue weighted by Crippen LogP contribution is -2.28. The lowest BCUT2D eigenvalue weighted by molar-refractivity contribution is 0.0981. The topological polar surface area (TPSA) is 32.3 Å². The van der Waals surface area contributed by atoms with Gasteiger partial charge >= 0.3 is 0 Å². The van der Waals surface area contributed by atoms with Crippen molar-refractivity contribution < 1.29 is 9.60 Å². The second kappa shape index (κ2) is 2.23. The maximum Gasteiger partial charge on any atom is 0.120 e. The van der Waals surface area contributed by atoms with Crippen molar-refractivity contribution in [2.45, 2.75) is 19.5 Å². The van der Waals surface area contributed by atoms with Gasteiger partial charge in [-0.25, -0.2) is 9.87 Å². The van der Waals surface area contributed by atoms with Crippen molar-refractivity contribution in [2.24, 2.45) is 0 Å². The second-order valence-corrected chi connectivity index (χ2v) is 2.05. The number of halogens is 1. The first-order valence-corrected chi connectivity index (χ1v) is 2.12. The molecule has 0 aliphatic rings. The summed E-state index contributed by atoms with van der Waals surface area (Å²) in [5, 5.41) is 7.91. The van der Waals surface area contributed by atoms with Crippen LogP contribution >= 0.6 is 0 Å². The van der Waals surface area contributed by atoms with Gasteiger partial charge in [-0.1, -0.05) is 0 Å². The maximum absolute atomic E-state index is 12.2. The zero-order valence-corrected chi connectivity index (χ0v) is 4.53. The van der Waals surface area contributed by atoms with Gasteiger partial charge in [-0.15, -0.1) is 0 Å². The molecule has 0 atom stereocenters. The average molecular weight is 107 g/mol.